The monoisotopic (exact) mass is 407 g/mol. The normalized spacial score (nSPS) is 18.5. The van der Waals surface area contributed by atoms with Crippen LogP contribution in [0.2, 0.25) is 0 Å². The predicted molar refractivity (Wildman–Crippen MR) is 126 cm³/mol. The van der Waals surface area contributed by atoms with Crippen LogP contribution in [0, 0.1) is 0 Å². The molecule has 162 valence electrons. The average Bonchev–Trinajstić information content (AvgIpc) is 2.83. The summed E-state index contributed by atoms with van der Waals surface area (Å²) in [6.07, 6.45) is 6.37. The molecule has 0 spiro atoms. The Hall–Kier alpha value is -2.04. The lowest BCUT2D eigenvalue weighted by Gasteiger charge is -2.36. The molecule has 2 saturated heterocycles. The third-order valence-corrected chi connectivity index (χ3v) is 6.47. The maximum Gasteiger partial charge on any atom is 0.119 e. The number of piperidine rings is 1. The topological polar surface area (TPSA) is 19.0 Å². The fraction of sp³-hybridized carbons (Fsp3) is 0.538. The van der Waals surface area contributed by atoms with Crippen molar-refractivity contribution in [3.05, 3.63) is 60.2 Å². The van der Waals surface area contributed by atoms with E-state index in [-0.39, 0.29) is 0 Å². The molecule has 30 heavy (non-hydrogen) atoms. The molecule has 0 saturated carbocycles. The minimum atomic E-state index is 0.821. The van der Waals surface area contributed by atoms with Crippen molar-refractivity contribution in [1.29, 1.82) is 0 Å². The van der Waals surface area contributed by atoms with Crippen LogP contribution in [-0.4, -0.2) is 68.8 Å². The van der Waals surface area contributed by atoms with Gasteiger partial charge in [0.25, 0.3) is 0 Å². The van der Waals surface area contributed by atoms with E-state index in [9.17, 15) is 0 Å². The number of hydrogen-bond acceptors (Lipinski definition) is 4. The number of piperazine rings is 1. The van der Waals surface area contributed by atoms with Gasteiger partial charge in [0.15, 0.2) is 0 Å². The predicted octanol–water partition coefficient (Wildman–Crippen LogP) is 4.31. The quantitative estimate of drug-likeness (QED) is 0.577. The highest BCUT2D eigenvalue weighted by atomic mass is 16.5. The van der Waals surface area contributed by atoms with Gasteiger partial charge in [-0.2, -0.15) is 0 Å². The third-order valence-electron chi connectivity index (χ3n) is 6.47. The van der Waals surface area contributed by atoms with E-state index in [0.717, 1.165) is 57.9 Å². The molecule has 0 amide bonds. The zero-order valence-electron chi connectivity index (χ0n) is 18.3. The van der Waals surface area contributed by atoms with Gasteiger partial charge < -0.3 is 14.5 Å². The largest absolute Gasteiger partial charge is 0.494 e. The van der Waals surface area contributed by atoms with Crippen LogP contribution in [0.5, 0.6) is 5.75 Å². The molecule has 4 nitrogen and oxygen atoms in total. The molecular formula is C26H37N3O. The van der Waals surface area contributed by atoms with Crippen molar-refractivity contribution in [2.45, 2.75) is 32.1 Å². The van der Waals surface area contributed by atoms with Gasteiger partial charge >= 0.3 is 0 Å². The molecule has 0 atom stereocenters. The first-order valence-corrected chi connectivity index (χ1v) is 11.8. The van der Waals surface area contributed by atoms with Gasteiger partial charge in [-0.1, -0.05) is 36.8 Å². The summed E-state index contributed by atoms with van der Waals surface area (Å²) in [6.45, 7) is 10.2. The molecule has 2 aromatic carbocycles. The molecule has 0 radical (unpaired) electrons. The Morgan fingerprint density at radius 1 is 0.667 bits per heavy atom. The SMILES string of the molecule is c1ccc(N2CCN(CCc3ccc(OCCCN4CCCCC4)cc3)CC2)cc1. The van der Waals surface area contributed by atoms with E-state index in [1.807, 2.05) is 0 Å². The number of hydrogen-bond donors (Lipinski definition) is 0. The molecular weight excluding hydrogens is 370 g/mol. The number of rotatable bonds is 9. The number of anilines is 1. The minimum Gasteiger partial charge on any atom is -0.494 e. The molecule has 0 unspecified atom stereocenters. The fourth-order valence-electron chi connectivity index (χ4n) is 4.57. The van der Waals surface area contributed by atoms with Crippen molar-refractivity contribution in [1.82, 2.24) is 9.80 Å². The summed E-state index contributed by atoms with van der Waals surface area (Å²) in [5.41, 5.74) is 2.75. The molecule has 2 heterocycles. The number of nitrogens with zero attached hydrogens (tertiary/aromatic N) is 3. The van der Waals surface area contributed by atoms with Gasteiger partial charge in [0, 0.05) is 45.0 Å². The summed E-state index contributed by atoms with van der Waals surface area (Å²) in [5, 5.41) is 0. The lowest BCUT2D eigenvalue weighted by Crippen LogP contribution is -2.46. The number of para-hydroxylation sites is 1. The Morgan fingerprint density at radius 2 is 1.37 bits per heavy atom. The van der Waals surface area contributed by atoms with Crippen molar-refractivity contribution in [3.63, 3.8) is 0 Å². The Morgan fingerprint density at radius 3 is 2.10 bits per heavy atom. The van der Waals surface area contributed by atoms with Gasteiger partial charge in [-0.05, 0) is 68.6 Å². The number of likely N-dealkylation sites (tertiary alicyclic amines) is 1. The van der Waals surface area contributed by atoms with Crippen LogP contribution in [0.3, 0.4) is 0 Å². The minimum absolute atomic E-state index is 0.821. The van der Waals surface area contributed by atoms with Gasteiger partial charge in [-0.3, -0.25) is 4.90 Å². The highest BCUT2D eigenvalue weighted by Crippen LogP contribution is 2.17. The van der Waals surface area contributed by atoms with E-state index in [0.29, 0.717) is 0 Å². The molecule has 4 rings (SSSR count). The van der Waals surface area contributed by atoms with Crippen LogP contribution in [0.25, 0.3) is 0 Å². The van der Waals surface area contributed by atoms with Crippen LogP contribution in [0.15, 0.2) is 54.6 Å². The van der Waals surface area contributed by atoms with E-state index >= 15 is 0 Å². The maximum atomic E-state index is 5.96. The zero-order valence-corrected chi connectivity index (χ0v) is 18.3. The summed E-state index contributed by atoms with van der Waals surface area (Å²) in [6, 6.07) is 19.5. The van der Waals surface area contributed by atoms with Crippen molar-refractivity contribution in [2.75, 3.05) is 63.9 Å². The van der Waals surface area contributed by atoms with Crippen LogP contribution in [0.4, 0.5) is 5.69 Å². The van der Waals surface area contributed by atoms with Crippen LogP contribution in [-0.2, 0) is 6.42 Å². The van der Waals surface area contributed by atoms with Gasteiger partial charge in [0.2, 0.25) is 0 Å². The number of ether oxygens (including phenoxy) is 1. The van der Waals surface area contributed by atoms with Crippen LogP contribution in [0.1, 0.15) is 31.2 Å². The average molecular weight is 408 g/mol. The first-order chi connectivity index (χ1) is 14.9. The third kappa shape index (κ3) is 6.48. The molecule has 0 bridgehead atoms. The summed E-state index contributed by atoms with van der Waals surface area (Å²) < 4.78 is 5.96. The van der Waals surface area contributed by atoms with E-state index in [4.69, 9.17) is 4.74 Å². The Balaban J connectivity index is 1.11. The summed E-state index contributed by atoms with van der Waals surface area (Å²) in [4.78, 5) is 7.66. The van der Waals surface area contributed by atoms with E-state index in [2.05, 4.69) is 69.3 Å². The molecule has 2 aliphatic heterocycles. The van der Waals surface area contributed by atoms with E-state index in [1.165, 1.54) is 50.1 Å². The van der Waals surface area contributed by atoms with Gasteiger partial charge in [-0.25, -0.2) is 0 Å². The highest BCUT2D eigenvalue weighted by Gasteiger charge is 2.16. The Bertz CT molecular complexity index is 720. The summed E-state index contributed by atoms with van der Waals surface area (Å²) in [7, 11) is 0. The second-order valence-corrected chi connectivity index (χ2v) is 8.66. The first kappa shape index (κ1) is 21.2. The van der Waals surface area contributed by atoms with Crippen molar-refractivity contribution in [3.8, 4) is 5.75 Å². The van der Waals surface area contributed by atoms with Crippen LogP contribution < -0.4 is 9.64 Å². The molecule has 4 heteroatoms. The molecule has 0 aromatic heterocycles. The van der Waals surface area contributed by atoms with Gasteiger partial charge in [-0.15, -0.1) is 0 Å². The standard InChI is InChI=1S/C26H37N3O/c1-3-8-25(9-4-1)29-21-19-28(20-22-29)18-14-24-10-12-26(13-11-24)30-23-7-17-27-15-5-2-6-16-27/h1,3-4,8-13H,2,5-7,14-23H2. The van der Waals surface area contributed by atoms with Gasteiger partial charge in [0.1, 0.15) is 5.75 Å². The Labute approximate surface area is 182 Å². The lowest BCUT2D eigenvalue weighted by molar-refractivity contribution is 0.205. The van der Waals surface area contributed by atoms with Crippen LogP contribution >= 0.6 is 0 Å². The van der Waals surface area contributed by atoms with Gasteiger partial charge in [0.05, 0.1) is 6.61 Å². The number of benzene rings is 2. The van der Waals surface area contributed by atoms with E-state index in [1.54, 1.807) is 0 Å². The zero-order chi connectivity index (χ0) is 20.4. The molecule has 0 aliphatic carbocycles. The molecule has 2 aromatic rings. The molecule has 0 N–H and O–H groups in total. The van der Waals surface area contributed by atoms with Crippen molar-refractivity contribution >= 4 is 5.69 Å². The summed E-state index contributed by atoms with van der Waals surface area (Å²) >= 11 is 0. The van der Waals surface area contributed by atoms with Crippen molar-refractivity contribution in [2.24, 2.45) is 0 Å². The maximum absolute atomic E-state index is 5.96. The van der Waals surface area contributed by atoms with Crippen molar-refractivity contribution < 1.29 is 4.74 Å². The smallest absolute Gasteiger partial charge is 0.119 e. The van der Waals surface area contributed by atoms with E-state index < -0.39 is 0 Å². The fourth-order valence-corrected chi connectivity index (χ4v) is 4.57. The highest BCUT2D eigenvalue weighted by molar-refractivity contribution is 5.46. The second kappa shape index (κ2) is 11.4. The molecule has 2 fully saturated rings. The molecule has 2 aliphatic rings. The Kier molecular flexibility index (Phi) is 8.04. The lowest BCUT2D eigenvalue weighted by atomic mass is 10.1. The summed E-state index contributed by atoms with van der Waals surface area (Å²) in [5.74, 6) is 1.01. The second-order valence-electron chi connectivity index (χ2n) is 8.66. The first-order valence-electron chi connectivity index (χ1n) is 11.8.